The number of aromatic nitrogens is 1. The minimum absolute atomic E-state index is 0.138. The van der Waals surface area contributed by atoms with Gasteiger partial charge in [0.05, 0.1) is 5.54 Å². The van der Waals surface area contributed by atoms with Crippen LogP contribution in [0.25, 0.3) is 0 Å². The first-order valence-electron chi connectivity index (χ1n) is 6.58. The Bertz CT molecular complexity index is 664. The highest BCUT2D eigenvalue weighted by molar-refractivity contribution is 5.85. The second kappa shape index (κ2) is 6.30. The Morgan fingerprint density at radius 2 is 2.00 bits per heavy atom. The van der Waals surface area contributed by atoms with Gasteiger partial charge in [0.2, 0.25) is 0 Å². The van der Waals surface area contributed by atoms with Gasteiger partial charge in [0.15, 0.2) is 11.5 Å². The Labute approximate surface area is 126 Å². The molecule has 1 aromatic heterocycles. The molecule has 0 unspecified atom stereocenters. The Kier molecular flexibility index (Phi) is 4.45. The Hall–Kier alpha value is -2.83. The maximum Gasteiger partial charge on any atom is 0.408 e. The molecule has 0 saturated carbocycles. The average molecular weight is 304 g/mol. The highest BCUT2D eigenvalue weighted by Crippen LogP contribution is 2.21. The topological polar surface area (TPSA) is 102 Å². The van der Waals surface area contributed by atoms with Crippen molar-refractivity contribution in [3.63, 3.8) is 0 Å². The fourth-order valence-corrected chi connectivity index (χ4v) is 1.75. The number of aromatic carboxylic acids is 1. The minimum atomic E-state index is -1.20. The number of hydrogen-bond acceptors (Lipinski definition) is 5. The number of carboxylic acids is 1. The smallest absolute Gasteiger partial charge is 0.408 e. The summed E-state index contributed by atoms with van der Waals surface area (Å²) in [4.78, 5) is 22.6. The molecule has 7 heteroatoms. The van der Waals surface area contributed by atoms with E-state index in [9.17, 15) is 9.59 Å². The lowest BCUT2D eigenvalue weighted by Gasteiger charge is -2.22. The fraction of sp³-hybridized carbons (Fsp3) is 0.267. The number of carbonyl (C=O) groups is 2. The molecule has 0 aliphatic heterocycles. The number of rotatable bonds is 5. The third-order valence-electron chi connectivity index (χ3n) is 2.97. The highest BCUT2D eigenvalue weighted by Gasteiger charge is 2.29. The molecule has 2 aromatic rings. The maximum atomic E-state index is 11.8. The normalized spacial score (nSPS) is 11.0. The van der Waals surface area contributed by atoms with E-state index in [1.54, 1.807) is 13.8 Å². The van der Waals surface area contributed by atoms with Crippen molar-refractivity contribution in [3.8, 4) is 0 Å². The van der Waals surface area contributed by atoms with Crippen LogP contribution in [0.4, 0.5) is 4.79 Å². The second-order valence-electron chi connectivity index (χ2n) is 5.19. The first-order valence-corrected chi connectivity index (χ1v) is 6.58. The molecular weight excluding hydrogens is 288 g/mol. The Morgan fingerprint density at radius 1 is 1.32 bits per heavy atom. The predicted octanol–water partition coefficient (Wildman–Crippen LogP) is 2.53. The van der Waals surface area contributed by atoms with Crippen molar-refractivity contribution in [1.82, 2.24) is 10.5 Å². The van der Waals surface area contributed by atoms with E-state index in [0.717, 1.165) is 5.56 Å². The van der Waals surface area contributed by atoms with Crippen molar-refractivity contribution in [3.05, 3.63) is 53.4 Å². The van der Waals surface area contributed by atoms with Gasteiger partial charge in [-0.05, 0) is 19.4 Å². The summed E-state index contributed by atoms with van der Waals surface area (Å²) in [7, 11) is 0. The van der Waals surface area contributed by atoms with Crippen LogP contribution in [-0.2, 0) is 16.9 Å². The van der Waals surface area contributed by atoms with Crippen molar-refractivity contribution in [2.75, 3.05) is 0 Å². The van der Waals surface area contributed by atoms with Crippen LogP contribution in [0.2, 0.25) is 0 Å². The molecule has 1 amide bonds. The molecule has 0 saturated heterocycles. The van der Waals surface area contributed by atoms with Crippen LogP contribution in [0.1, 0.15) is 35.7 Å². The summed E-state index contributed by atoms with van der Waals surface area (Å²) >= 11 is 0. The summed E-state index contributed by atoms with van der Waals surface area (Å²) < 4.78 is 10.1. The number of ether oxygens (including phenoxy) is 1. The Morgan fingerprint density at radius 3 is 2.59 bits per heavy atom. The number of carboxylic acid groups (broad SMARTS) is 1. The van der Waals surface area contributed by atoms with Gasteiger partial charge in [-0.25, -0.2) is 9.59 Å². The monoisotopic (exact) mass is 304 g/mol. The number of amides is 1. The van der Waals surface area contributed by atoms with Gasteiger partial charge >= 0.3 is 12.1 Å². The molecule has 0 bridgehead atoms. The third-order valence-corrected chi connectivity index (χ3v) is 2.97. The van der Waals surface area contributed by atoms with E-state index in [0.29, 0.717) is 0 Å². The van der Waals surface area contributed by atoms with Gasteiger partial charge in [-0.3, -0.25) is 0 Å². The summed E-state index contributed by atoms with van der Waals surface area (Å²) in [5.41, 5.74) is -0.306. The SMILES string of the molecule is CC(C)(NC(=O)OCc1ccccc1)c1cc(C(=O)O)no1. The van der Waals surface area contributed by atoms with Crippen molar-refractivity contribution < 1.29 is 24.0 Å². The molecule has 2 N–H and O–H groups in total. The summed E-state index contributed by atoms with van der Waals surface area (Å²) in [5, 5.41) is 14.8. The van der Waals surface area contributed by atoms with E-state index in [-0.39, 0.29) is 18.1 Å². The first-order chi connectivity index (χ1) is 10.4. The van der Waals surface area contributed by atoms with Crippen LogP contribution in [0.15, 0.2) is 40.9 Å². The molecule has 22 heavy (non-hydrogen) atoms. The third kappa shape index (κ3) is 3.85. The molecule has 0 spiro atoms. The van der Waals surface area contributed by atoms with Crippen molar-refractivity contribution in [1.29, 1.82) is 0 Å². The fourth-order valence-electron chi connectivity index (χ4n) is 1.75. The van der Waals surface area contributed by atoms with Gasteiger partial charge < -0.3 is 19.7 Å². The van der Waals surface area contributed by atoms with Gasteiger partial charge in [0, 0.05) is 6.07 Å². The van der Waals surface area contributed by atoms with Crippen molar-refractivity contribution in [2.24, 2.45) is 0 Å². The molecule has 0 radical (unpaired) electrons. The van der Waals surface area contributed by atoms with Crippen LogP contribution in [0, 0.1) is 0 Å². The van der Waals surface area contributed by atoms with Crippen molar-refractivity contribution >= 4 is 12.1 Å². The zero-order chi connectivity index (χ0) is 16.2. The number of hydrogen-bond donors (Lipinski definition) is 2. The second-order valence-corrected chi connectivity index (χ2v) is 5.19. The number of alkyl carbamates (subject to hydrolysis) is 1. The van der Waals surface area contributed by atoms with Crippen LogP contribution >= 0.6 is 0 Å². The lowest BCUT2D eigenvalue weighted by atomic mass is 10.0. The van der Waals surface area contributed by atoms with E-state index >= 15 is 0 Å². The van der Waals surface area contributed by atoms with Gasteiger partial charge in [-0.2, -0.15) is 0 Å². The molecule has 0 atom stereocenters. The molecule has 0 aliphatic rings. The maximum absolute atomic E-state index is 11.8. The van der Waals surface area contributed by atoms with E-state index in [2.05, 4.69) is 10.5 Å². The van der Waals surface area contributed by atoms with Gasteiger partial charge in [-0.1, -0.05) is 35.5 Å². The largest absolute Gasteiger partial charge is 0.476 e. The quantitative estimate of drug-likeness (QED) is 0.880. The molecular formula is C15H16N2O5. The van der Waals surface area contributed by atoms with Gasteiger partial charge in [-0.15, -0.1) is 0 Å². The lowest BCUT2D eigenvalue weighted by Crippen LogP contribution is -2.41. The predicted molar refractivity (Wildman–Crippen MR) is 76.3 cm³/mol. The number of nitrogens with zero attached hydrogens (tertiary/aromatic N) is 1. The number of benzene rings is 1. The van der Waals surface area contributed by atoms with Crippen LogP contribution in [0.5, 0.6) is 0 Å². The lowest BCUT2D eigenvalue weighted by molar-refractivity contribution is 0.0685. The molecule has 1 heterocycles. The Balaban J connectivity index is 1.95. The summed E-state index contributed by atoms with van der Waals surface area (Å²) in [6, 6.07) is 10.5. The van der Waals surface area contributed by atoms with E-state index < -0.39 is 17.6 Å². The summed E-state index contributed by atoms with van der Waals surface area (Å²) in [5.74, 6) is -0.973. The minimum Gasteiger partial charge on any atom is -0.476 e. The summed E-state index contributed by atoms with van der Waals surface area (Å²) in [6.45, 7) is 3.45. The molecule has 116 valence electrons. The number of carbonyl (C=O) groups excluding carboxylic acids is 1. The number of nitrogens with one attached hydrogen (secondary N) is 1. The van der Waals surface area contributed by atoms with Crippen LogP contribution in [-0.4, -0.2) is 22.3 Å². The highest BCUT2D eigenvalue weighted by atomic mass is 16.5. The molecule has 1 aromatic carbocycles. The molecule has 0 aliphatic carbocycles. The van der Waals surface area contributed by atoms with Gasteiger partial charge in [0.25, 0.3) is 0 Å². The molecule has 7 nitrogen and oxygen atoms in total. The zero-order valence-corrected chi connectivity index (χ0v) is 12.2. The molecule has 0 fully saturated rings. The van der Waals surface area contributed by atoms with E-state index in [1.807, 2.05) is 30.3 Å². The zero-order valence-electron chi connectivity index (χ0n) is 12.2. The van der Waals surface area contributed by atoms with Crippen LogP contribution in [0.3, 0.4) is 0 Å². The van der Waals surface area contributed by atoms with E-state index in [1.165, 1.54) is 6.07 Å². The van der Waals surface area contributed by atoms with Crippen molar-refractivity contribution in [2.45, 2.75) is 26.0 Å². The standard InChI is InChI=1S/C15H16N2O5/c1-15(2,12-8-11(13(18)19)17-22-12)16-14(20)21-9-10-6-4-3-5-7-10/h3-8H,9H2,1-2H3,(H,16,20)(H,18,19). The van der Waals surface area contributed by atoms with E-state index in [4.69, 9.17) is 14.4 Å². The first kappa shape index (κ1) is 15.6. The molecule has 2 rings (SSSR count). The average Bonchev–Trinajstić information content (AvgIpc) is 2.97. The van der Waals surface area contributed by atoms with Crippen LogP contribution < -0.4 is 5.32 Å². The summed E-state index contributed by atoms with van der Waals surface area (Å²) in [6.07, 6.45) is -0.637. The van der Waals surface area contributed by atoms with Gasteiger partial charge in [0.1, 0.15) is 6.61 Å².